The third kappa shape index (κ3) is 3.59. The number of rotatable bonds is 4. The number of benzene rings is 1. The van der Waals surface area contributed by atoms with E-state index >= 15 is 0 Å². The third-order valence-electron chi connectivity index (χ3n) is 4.04. The van der Waals surface area contributed by atoms with Crippen LogP contribution in [0.1, 0.15) is 31.7 Å². The van der Waals surface area contributed by atoms with Gasteiger partial charge < -0.3 is 14.8 Å². The molecule has 1 aromatic heterocycles. The summed E-state index contributed by atoms with van der Waals surface area (Å²) in [6.45, 7) is 1.81. The van der Waals surface area contributed by atoms with E-state index in [0.29, 0.717) is 24.5 Å². The van der Waals surface area contributed by atoms with Gasteiger partial charge in [0, 0.05) is 5.56 Å². The lowest BCUT2D eigenvalue weighted by Crippen LogP contribution is -2.49. The van der Waals surface area contributed by atoms with Gasteiger partial charge in [0.1, 0.15) is 11.6 Å². The molecule has 0 saturated carbocycles. The fourth-order valence-electron chi connectivity index (χ4n) is 2.55. The number of amides is 1. The second-order valence-electron chi connectivity index (χ2n) is 5.77. The van der Waals surface area contributed by atoms with Gasteiger partial charge in [-0.1, -0.05) is 30.3 Å². The smallest absolute Gasteiger partial charge is 0.252 e. The highest BCUT2D eigenvalue weighted by atomic mass is 32.2. The molecule has 3 rings (SSSR count). The molecule has 1 aromatic carbocycles. The number of carbonyl (C=O) groups is 1. The Labute approximate surface area is 139 Å². The molecule has 2 aromatic rings. The minimum Gasteiger partial charge on any atom is -0.438 e. The van der Waals surface area contributed by atoms with E-state index in [2.05, 4.69) is 10.3 Å². The second kappa shape index (κ2) is 6.76. The fraction of sp³-hybridized carbons (Fsp3) is 0.412. The van der Waals surface area contributed by atoms with Gasteiger partial charge in [-0.25, -0.2) is 4.98 Å². The van der Waals surface area contributed by atoms with Crippen LogP contribution in [0, 0.1) is 0 Å². The van der Waals surface area contributed by atoms with Crippen molar-refractivity contribution in [2.24, 2.45) is 0 Å². The van der Waals surface area contributed by atoms with E-state index in [-0.39, 0.29) is 5.91 Å². The average Bonchev–Trinajstić information content (AvgIpc) is 3.06. The maximum absolute atomic E-state index is 12.3. The van der Waals surface area contributed by atoms with E-state index in [1.54, 1.807) is 24.9 Å². The van der Waals surface area contributed by atoms with Crippen molar-refractivity contribution in [3.63, 3.8) is 0 Å². The highest BCUT2D eigenvalue weighted by molar-refractivity contribution is 7.99. The number of thioether (sulfide) groups is 1. The Hall–Kier alpha value is -1.79. The van der Waals surface area contributed by atoms with Crippen LogP contribution in [-0.4, -0.2) is 33.1 Å². The zero-order valence-corrected chi connectivity index (χ0v) is 13.8. The van der Waals surface area contributed by atoms with E-state index in [9.17, 15) is 9.90 Å². The molecule has 0 spiro atoms. The first-order valence-corrected chi connectivity index (χ1v) is 8.86. The van der Waals surface area contributed by atoms with Crippen LogP contribution in [0.25, 0.3) is 11.3 Å². The molecule has 0 radical (unpaired) electrons. The Bertz CT molecular complexity index is 665. The summed E-state index contributed by atoms with van der Waals surface area (Å²) in [5, 5.41) is 13.3. The number of oxazole rings is 1. The van der Waals surface area contributed by atoms with E-state index in [4.69, 9.17) is 4.42 Å². The summed E-state index contributed by atoms with van der Waals surface area (Å²) in [7, 11) is 0. The zero-order valence-electron chi connectivity index (χ0n) is 13.0. The van der Waals surface area contributed by atoms with E-state index < -0.39 is 11.6 Å². The van der Waals surface area contributed by atoms with Crippen molar-refractivity contribution < 1.29 is 14.3 Å². The molecule has 0 aliphatic carbocycles. The van der Waals surface area contributed by atoms with Crippen LogP contribution in [0.5, 0.6) is 0 Å². The molecule has 1 atom stereocenters. The highest BCUT2D eigenvalue weighted by Gasteiger charge is 2.38. The average molecular weight is 332 g/mol. The summed E-state index contributed by atoms with van der Waals surface area (Å²) in [5.74, 6) is 2.36. The summed E-state index contributed by atoms with van der Waals surface area (Å²) in [5.41, 5.74) is -0.332. The van der Waals surface area contributed by atoms with Crippen LogP contribution in [0.2, 0.25) is 0 Å². The Morgan fingerprint density at radius 2 is 2.04 bits per heavy atom. The van der Waals surface area contributed by atoms with Gasteiger partial charge in [-0.05, 0) is 31.3 Å². The normalized spacial score (nSPS) is 18.3. The number of hydrogen-bond donors (Lipinski definition) is 2. The minimum absolute atomic E-state index is 0.343. The van der Waals surface area contributed by atoms with Crippen molar-refractivity contribution >= 4 is 17.7 Å². The SMILES string of the molecule is CC(NC(=O)C1(O)CCSCC1)c1ncc(-c2ccccc2)o1. The van der Waals surface area contributed by atoms with Crippen molar-refractivity contribution in [1.29, 1.82) is 0 Å². The number of aliphatic hydroxyl groups is 1. The van der Waals surface area contributed by atoms with Crippen LogP contribution >= 0.6 is 11.8 Å². The largest absolute Gasteiger partial charge is 0.438 e. The zero-order chi connectivity index (χ0) is 16.3. The molecule has 0 bridgehead atoms. The standard InChI is InChI=1S/C17H20N2O3S/c1-12(19-16(20)17(21)7-9-23-10-8-17)15-18-11-14(22-15)13-5-3-2-4-6-13/h2-6,11-12,21H,7-10H2,1H3,(H,19,20). The maximum atomic E-state index is 12.3. The lowest BCUT2D eigenvalue weighted by atomic mass is 9.95. The molecule has 1 fully saturated rings. The van der Waals surface area contributed by atoms with Gasteiger partial charge in [0.15, 0.2) is 5.76 Å². The molecule has 2 heterocycles. The van der Waals surface area contributed by atoms with E-state index in [1.165, 1.54) is 0 Å². The molecule has 1 saturated heterocycles. The molecular formula is C17H20N2O3S. The number of nitrogens with zero attached hydrogens (tertiary/aromatic N) is 1. The quantitative estimate of drug-likeness (QED) is 0.900. The summed E-state index contributed by atoms with van der Waals surface area (Å²) in [4.78, 5) is 16.6. The lowest BCUT2D eigenvalue weighted by molar-refractivity contribution is -0.141. The van der Waals surface area contributed by atoms with Crippen LogP contribution in [-0.2, 0) is 4.79 Å². The van der Waals surface area contributed by atoms with Crippen LogP contribution in [0.3, 0.4) is 0 Å². The Morgan fingerprint density at radius 3 is 2.74 bits per heavy atom. The van der Waals surface area contributed by atoms with Crippen molar-refractivity contribution in [2.45, 2.75) is 31.4 Å². The van der Waals surface area contributed by atoms with Gasteiger partial charge in [0.2, 0.25) is 5.89 Å². The minimum atomic E-state index is -1.27. The number of hydrogen-bond acceptors (Lipinski definition) is 5. The van der Waals surface area contributed by atoms with Gasteiger partial charge in [-0.3, -0.25) is 4.79 Å². The Balaban J connectivity index is 1.68. The molecule has 6 heteroatoms. The topological polar surface area (TPSA) is 75.4 Å². The first kappa shape index (κ1) is 16.1. The first-order valence-electron chi connectivity index (χ1n) is 7.71. The van der Waals surface area contributed by atoms with Crippen LogP contribution < -0.4 is 5.32 Å². The molecule has 122 valence electrons. The predicted molar refractivity (Wildman–Crippen MR) is 90.0 cm³/mol. The number of aromatic nitrogens is 1. The molecule has 23 heavy (non-hydrogen) atoms. The lowest BCUT2D eigenvalue weighted by Gasteiger charge is -2.31. The molecule has 1 amide bonds. The van der Waals surface area contributed by atoms with Crippen molar-refractivity contribution in [3.8, 4) is 11.3 Å². The second-order valence-corrected chi connectivity index (χ2v) is 6.99. The van der Waals surface area contributed by atoms with Crippen LogP contribution in [0.4, 0.5) is 0 Å². The first-order chi connectivity index (χ1) is 11.1. The number of nitrogens with one attached hydrogen (secondary N) is 1. The molecule has 5 nitrogen and oxygen atoms in total. The monoisotopic (exact) mass is 332 g/mol. The summed E-state index contributed by atoms with van der Waals surface area (Å²) in [6.07, 6.45) is 2.62. The van der Waals surface area contributed by atoms with E-state index in [0.717, 1.165) is 17.1 Å². The molecule has 1 unspecified atom stereocenters. The third-order valence-corrected chi connectivity index (χ3v) is 5.03. The van der Waals surface area contributed by atoms with Crippen molar-refractivity contribution in [2.75, 3.05) is 11.5 Å². The van der Waals surface area contributed by atoms with Gasteiger partial charge in [-0.2, -0.15) is 11.8 Å². The molecule has 1 aliphatic rings. The van der Waals surface area contributed by atoms with Gasteiger partial charge in [0.05, 0.1) is 6.20 Å². The van der Waals surface area contributed by atoms with Crippen LogP contribution in [0.15, 0.2) is 40.9 Å². The molecule has 2 N–H and O–H groups in total. The Morgan fingerprint density at radius 1 is 1.35 bits per heavy atom. The van der Waals surface area contributed by atoms with E-state index in [1.807, 2.05) is 30.3 Å². The van der Waals surface area contributed by atoms with Gasteiger partial charge in [-0.15, -0.1) is 0 Å². The molecule has 1 aliphatic heterocycles. The van der Waals surface area contributed by atoms with Gasteiger partial charge >= 0.3 is 0 Å². The van der Waals surface area contributed by atoms with Crippen molar-refractivity contribution in [1.82, 2.24) is 10.3 Å². The number of carbonyl (C=O) groups excluding carboxylic acids is 1. The van der Waals surface area contributed by atoms with Gasteiger partial charge in [0.25, 0.3) is 5.91 Å². The Kier molecular flexibility index (Phi) is 4.73. The summed E-state index contributed by atoms with van der Waals surface area (Å²) >= 11 is 1.76. The maximum Gasteiger partial charge on any atom is 0.252 e. The summed E-state index contributed by atoms with van der Waals surface area (Å²) < 4.78 is 5.74. The fourth-order valence-corrected chi connectivity index (χ4v) is 3.72. The summed E-state index contributed by atoms with van der Waals surface area (Å²) in [6, 6.07) is 9.29. The highest BCUT2D eigenvalue weighted by Crippen LogP contribution is 2.28. The predicted octanol–water partition coefficient (Wildman–Crippen LogP) is 2.78. The molecular weight excluding hydrogens is 312 g/mol. The van der Waals surface area contributed by atoms with Crippen molar-refractivity contribution in [3.05, 3.63) is 42.4 Å².